The van der Waals surface area contributed by atoms with E-state index in [9.17, 15) is 9.59 Å². The van der Waals surface area contributed by atoms with Crippen molar-refractivity contribution in [2.24, 2.45) is 5.92 Å². The van der Waals surface area contributed by atoms with Crippen LogP contribution in [0.5, 0.6) is 0 Å². The summed E-state index contributed by atoms with van der Waals surface area (Å²) in [6.45, 7) is 6.98. The number of hydrogen-bond acceptors (Lipinski definition) is 4. The highest BCUT2D eigenvalue weighted by Crippen LogP contribution is 2.29. The predicted octanol–water partition coefficient (Wildman–Crippen LogP) is 4.16. The molecule has 1 aliphatic heterocycles. The van der Waals surface area contributed by atoms with Gasteiger partial charge in [0.05, 0.1) is 10.7 Å². The Morgan fingerprint density at radius 1 is 1.06 bits per heavy atom. The van der Waals surface area contributed by atoms with Crippen LogP contribution in [0.1, 0.15) is 30.6 Å². The Balaban J connectivity index is 1.55. The first-order valence-electron chi connectivity index (χ1n) is 10.3. The van der Waals surface area contributed by atoms with E-state index in [2.05, 4.69) is 29.4 Å². The first-order chi connectivity index (χ1) is 14.8. The van der Waals surface area contributed by atoms with Crippen LogP contribution >= 0.6 is 23.8 Å². The van der Waals surface area contributed by atoms with Gasteiger partial charge in [-0.3, -0.25) is 14.9 Å². The smallest absolute Gasteiger partial charge is 0.257 e. The van der Waals surface area contributed by atoms with Gasteiger partial charge in [-0.1, -0.05) is 43.6 Å². The number of benzene rings is 2. The second-order valence-corrected chi connectivity index (χ2v) is 8.72. The van der Waals surface area contributed by atoms with Crippen LogP contribution < -0.4 is 15.5 Å². The number of thiocarbonyl (C=S) groups is 1. The summed E-state index contributed by atoms with van der Waals surface area (Å²) in [4.78, 5) is 28.6. The molecular formula is C23H27ClN4O2S. The van der Waals surface area contributed by atoms with Gasteiger partial charge in [-0.05, 0) is 48.5 Å². The molecule has 0 bridgehead atoms. The third-order valence-electron chi connectivity index (χ3n) is 5.02. The van der Waals surface area contributed by atoms with Gasteiger partial charge in [-0.15, -0.1) is 0 Å². The average molecular weight is 459 g/mol. The Morgan fingerprint density at radius 2 is 1.74 bits per heavy atom. The number of amides is 2. The number of piperazine rings is 1. The molecule has 1 fully saturated rings. The molecule has 8 heteroatoms. The first-order valence-corrected chi connectivity index (χ1v) is 11.1. The van der Waals surface area contributed by atoms with E-state index in [0.717, 1.165) is 18.8 Å². The first kappa shape index (κ1) is 23.0. The van der Waals surface area contributed by atoms with Crippen molar-refractivity contribution in [2.75, 3.05) is 36.4 Å². The van der Waals surface area contributed by atoms with Gasteiger partial charge in [-0.2, -0.15) is 0 Å². The fourth-order valence-corrected chi connectivity index (χ4v) is 3.95. The minimum atomic E-state index is -0.272. The maximum absolute atomic E-state index is 12.3. The van der Waals surface area contributed by atoms with E-state index in [0.29, 0.717) is 41.7 Å². The lowest BCUT2D eigenvalue weighted by atomic mass is 10.1. The van der Waals surface area contributed by atoms with Crippen molar-refractivity contribution in [1.82, 2.24) is 10.2 Å². The van der Waals surface area contributed by atoms with E-state index < -0.39 is 0 Å². The molecule has 0 saturated carbocycles. The van der Waals surface area contributed by atoms with Crippen molar-refractivity contribution >= 4 is 52.1 Å². The van der Waals surface area contributed by atoms with E-state index in [1.807, 2.05) is 23.1 Å². The molecule has 6 nitrogen and oxygen atoms in total. The molecule has 0 aliphatic carbocycles. The van der Waals surface area contributed by atoms with Gasteiger partial charge in [0.2, 0.25) is 5.91 Å². The summed E-state index contributed by atoms with van der Waals surface area (Å²) in [6.07, 6.45) is 0.585. The molecule has 3 rings (SSSR count). The van der Waals surface area contributed by atoms with Crippen molar-refractivity contribution in [3.63, 3.8) is 0 Å². The SMILES string of the molecule is CC(C)CC(=O)N1CCN(c2ccc(NC(=S)NC(=O)c3ccccc3)cc2Cl)CC1. The van der Waals surface area contributed by atoms with Crippen LogP contribution in [0.25, 0.3) is 0 Å². The molecule has 1 aliphatic rings. The summed E-state index contributed by atoms with van der Waals surface area (Å²) in [6, 6.07) is 14.5. The fraction of sp³-hybridized carbons (Fsp3) is 0.348. The lowest BCUT2D eigenvalue weighted by molar-refractivity contribution is -0.132. The molecule has 1 heterocycles. The van der Waals surface area contributed by atoms with E-state index in [1.54, 1.807) is 30.3 Å². The van der Waals surface area contributed by atoms with Gasteiger partial charge in [-0.25, -0.2) is 0 Å². The number of rotatable bonds is 5. The zero-order valence-corrected chi connectivity index (χ0v) is 19.3. The lowest BCUT2D eigenvalue weighted by Crippen LogP contribution is -2.49. The van der Waals surface area contributed by atoms with Crippen LogP contribution in [-0.2, 0) is 4.79 Å². The van der Waals surface area contributed by atoms with Gasteiger partial charge < -0.3 is 15.1 Å². The Labute approximate surface area is 193 Å². The van der Waals surface area contributed by atoms with E-state index in [-0.39, 0.29) is 16.9 Å². The molecule has 2 amide bonds. The van der Waals surface area contributed by atoms with Crippen LogP contribution in [0, 0.1) is 5.92 Å². The highest BCUT2D eigenvalue weighted by atomic mass is 35.5. The monoisotopic (exact) mass is 458 g/mol. The number of anilines is 2. The molecule has 0 radical (unpaired) electrons. The molecule has 2 aromatic carbocycles. The Morgan fingerprint density at radius 3 is 2.35 bits per heavy atom. The van der Waals surface area contributed by atoms with Gasteiger partial charge in [0, 0.05) is 43.9 Å². The molecule has 0 aromatic heterocycles. The molecule has 0 atom stereocenters. The van der Waals surface area contributed by atoms with Gasteiger partial charge >= 0.3 is 0 Å². The summed E-state index contributed by atoms with van der Waals surface area (Å²) >= 11 is 11.8. The van der Waals surface area contributed by atoms with Crippen LogP contribution in [-0.4, -0.2) is 48.0 Å². The van der Waals surface area contributed by atoms with Crippen molar-refractivity contribution in [1.29, 1.82) is 0 Å². The summed E-state index contributed by atoms with van der Waals surface area (Å²) in [5.74, 6) is 0.306. The third-order valence-corrected chi connectivity index (χ3v) is 5.53. The van der Waals surface area contributed by atoms with Crippen LogP contribution in [0.2, 0.25) is 5.02 Å². The standard InChI is InChI=1S/C23H27ClN4O2S/c1-16(2)14-21(29)28-12-10-27(11-13-28)20-9-8-18(15-19(20)24)25-23(31)26-22(30)17-6-4-3-5-7-17/h3-9,15-16H,10-14H2,1-2H3,(H2,25,26,30,31). The average Bonchev–Trinajstić information content (AvgIpc) is 2.74. The van der Waals surface area contributed by atoms with E-state index in [1.165, 1.54) is 0 Å². The maximum atomic E-state index is 12.3. The summed E-state index contributed by atoms with van der Waals surface area (Å²) in [5, 5.41) is 6.45. The van der Waals surface area contributed by atoms with Crippen molar-refractivity contribution in [3.05, 3.63) is 59.1 Å². The number of carbonyl (C=O) groups excluding carboxylic acids is 2. The second kappa shape index (κ2) is 10.6. The topological polar surface area (TPSA) is 64.7 Å². The fourth-order valence-electron chi connectivity index (χ4n) is 3.44. The van der Waals surface area contributed by atoms with Crippen molar-refractivity contribution < 1.29 is 9.59 Å². The quantitative estimate of drug-likeness (QED) is 0.658. The molecule has 31 heavy (non-hydrogen) atoms. The summed E-state index contributed by atoms with van der Waals surface area (Å²) in [5.41, 5.74) is 2.14. The lowest BCUT2D eigenvalue weighted by Gasteiger charge is -2.37. The van der Waals surface area contributed by atoms with Gasteiger partial charge in [0.25, 0.3) is 5.91 Å². The van der Waals surface area contributed by atoms with Gasteiger partial charge in [0.1, 0.15) is 0 Å². The minimum Gasteiger partial charge on any atom is -0.367 e. The number of halogens is 1. The Bertz CT molecular complexity index is 944. The molecule has 164 valence electrons. The predicted molar refractivity (Wildman–Crippen MR) is 130 cm³/mol. The minimum absolute atomic E-state index is 0.204. The highest BCUT2D eigenvalue weighted by Gasteiger charge is 2.23. The second-order valence-electron chi connectivity index (χ2n) is 7.91. The van der Waals surface area contributed by atoms with E-state index >= 15 is 0 Å². The van der Waals surface area contributed by atoms with Crippen molar-refractivity contribution in [3.8, 4) is 0 Å². The number of carbonyl (C=O) groups is 2. The molecule has 2 N–H and O–H groups in total. The van der Waals surface area contributed by atoms with Gasteiger partial charge in [0.15, 0.2) is 5.11 Å². The molecule has 1 saturated heterocycles. The molecular weight excluding hydrogens is 432 g/mol. The maximum Gasteiger partial charge on any atom is 0.257 e. The van der Waals surface area contributed by atoms with Crippen LogP contribution in [0.3, 0.4) is 0 Å². The zero-order chi connectivity index (χ0) is 22.4. The Kier molecular flexibility index (Phi) is 7.87. The third kappa shape index (κ3) is 6.42. The van der Waals surface area contributed by atoms with Crippen LogP contribution in [0.15, 0.2) is 48.5 Å². The number of hydrogen-bond donors (Lipinski definition) is 2. The zero-order valence-electron chi connectivity index (χ0n) is 17.7. The van der Waals surface area contributed by atoms with Crippen molar-refractivity contribution in [2.45, 2.75) is 20.3 Å². The summed E-state index contributed by atoms with van der Waals surface area (Å²) < 4.78 is 0. The molecule has 2 aromatic rings. The molecule has 0 unspecified atom stereocenters. The van der Waals surface area contributed by atoms with E-state index in [4.69, 9.17) is 23.8 Å². The Hall–Kier alpha value is -2.64. The number of nitrogens with zero attached hydrogens (tertiary/aromatic N) is 2. The number of nitrogens with one attached hydrogen (secondary N) is 2. The normalized spacial score (nSPS) is 13.8. The molecule has 0 spiro atoms. The largest absolute Gasteiger partial charge is 0.367 e. The highest BCUT2D eigenvalue weighted by molar-refractivity contribution is 7.80. The summed E-state index contributed by atoms with van der Waals surface area (Å²) in [7, 11) is 0. The van der Waals surface area contributed by atoms with Crippen LogP contribution in [0.4, 0.5) is 11.4 Å².